The van der Waals surface area contributed by atoms with Gasteiger partial charge in [-0.2, -0.15) is 5.09 Å². The van der Waals surface area contributed by atoms with Gasteiger partial charge >= 0.3 is 19.7 Å². The highest BCUT2D eigenvalue weighted by atomic mass is 31.2. The normalized spacial score (nSPS) is 34.3. The van der Waals surface area contributed by atoms with Gasteiger partial charge in [-0.05, 0) is 32.1 Å². The molecule has 1 aromatic carbocycles. The second-order valence-corrected chi connectivity index (χ2v) is 9.92. The van der Waals surface area contributed by atoms with Gasteiger partial charge in [0.2, 0.25) is 5.91 Å². The molecule has 2 saturated heterocycles. The Bertz CT molecular complexity index is 1080. The van der Waals surface area contributed by atoms with Crippen molar-refractivity contribution in [1.82, 2.24) is 9.99 Å². The first-order valence-electron chi connectivity index (χ1n) is 11.0. The predicted molar refractivity (Wildman–Crippen MR) is 118 cm³/mol. The van der Waals surface area contributed by atoms with Crippen LogP contribution in [0.4, 0.5) is 0 Å². The number of cyclic esters (lactones) is 1. The molecule has 1 N–H and O–H groups in total. The first-order chi connectivity index (χ1) is 16.6. The minimum absolute atomic E-state index is 0.0539. The van der Waals surface area contributed by atoms with Crippen molar-refractivity contribution in [2.24, 2.45) is 0 Å². The fourth-order valence-electron chi connectivity index (χ4n) is 3.69. The lowest BCUT2D eigenvalue weighted by Gasteiger charge is -2.28. The number of hydrogen-bond donors (Lipinski definition) is 1. The van der Waals surface area contributed by atoms with E-state index in [0.717, 1.165) is 0 Å². The minimum Gasteiger partial charge on any atom is -0.457 e. The van der Waals surface area contributed by atoms with E-state index >= 15 is 0 Å². The molecule has 0 saturated carbocycles. The number of nitrogens with zero attached hydrogens (tertiary/aromatic N) is 1. The van der Waals surface area contributed by atoms with E-state index in [1.165, 1.54) is 31.0 Å². The largest absolute Gasteiger partial charge is 0.459 e. The van der Waals surface area contributed by atoms with Crippen LogP contribution in [-0.2, 0) is 42.5 Å². The van der Waals surface area contributed by atoms with Crippen molar-refractivity contribution in [3.63, 3.8) is 0 Å². The molecule has 35 heavy (non-hydrogen) atoms. The Hall–Kier alpha value is -3.05. The summed E-state index contributed by atoms with van der Waals surface area (Å²) < 4.78 is 41.3. The number of benzene rings is 1. The van der Waals surface area contributed by atoms with Gasteiger partial charge in [0.15, 0.2) is 11.9 Å². The standard InChI is InChI=1S/C22H25N2O10P/c1-13-21(27)31-14(2)22(28)33-17-11-20(24-9-8-15(25)10-19(24)26)32-18(17)12-30-35(29,23-13)34-16-6-4-3-5-7-16/h3-9,13-14,17-18,20H,10-12H2,1-2H3,(H,23,29)/t13-,14-,17-,18+,20+,35+/m0/s1. The molecule has 3 aliphatic heterocycles. The molecular formula is C22H25N2O10P. The smallest absolute Gasteiger partial charge is 0.457 e. The van der Waals surface area contributed by atoms with Crippen molar-refractivity contribution in [2.75, 3.05) is 6.61 Å². The van der Waals surface area contributed by atoms with E-state index in [2.05, 4.69) is 5.09 Å². The number of para-hydroxylation sites is 1. The fourth-order valence-corrected chi connectivity index (χ4v) is 5.19. The summed E-state index contributed by atoms with van der Waals surface area (Å²) in [6.45, 7) is 2.38. The van der Waals surface area contributed by atoms with Crippen LogP contribution in [0.25, 0.3) is 0 Å². The SMILES string of the molecule is C[C@@H]1N[P@](=O)(Oc2ccccc2)OC[C@H]2O[C@@H](N3C=CC(=O)CC3=O)C[C@@H]2OC(=O)[C@H](C)OC1=O. The van der Waals surface area contributed by atoms with Gasteiger partial charge in [-0.3, -0.25) is 23.8 Å². The molecule has 13 heteroatoms. The van der Waals surface area contributed by atoms with Crippen molar-refractivity contribution >= 4 is 31.4 Å². The second kappa shape index (κ2) is 10.3. The van der Waals surface area contributed by atoms with Crippen LogP contribution < -0.4 is 9.61 Å². The van der Waals surface area contributed by atoms with Crippen LogP contribution in [0.1, 0.15) is 26.7 Å². The molecule has 188 valence electrons. The summed E-state index contributed by atoms with van der Waals surface area (Å²) in [6.07, 6.45) is -1.66. The van der Waals surface area contributed by atoms with Gasteiger partial charge in [0, 0.05) is 12.6 Å². The van der Waals surface area contributed by atoms with Gasteiger partial charge < -0.3 is 18.7 Å². The molecule has 0 unspecified atom stereocenters. The number of esters is 2. The van der Waals surface area contributed by atoms with Crippen LogP contribution in [0.2, 0.25) is 0 Å². The number of hydrogen-bond acceptors (Lipinski definition) is 10. The van der Waals surface area contributed by atoms with Crippen LogP contribution in [0.3, 0.4) is 0 Å². The van der Waals surface area contributed by atoms with Crippen molar-refractivity contribution in [3.05, 3.63) is 42.6 Å². The maximum atomic E-state index is 13.6. The molecule has 0 aromatic heterocycles. The molecule has 2 fully saturated rings. The van der Waals surface area contributed by atoms with Crippen LogP contribution in [0.5, 0.6) is 5.75 Å². The van der Waals surface area contributed by atoms with Gasteiger partial charge in [-0.25, -0.2) is 9.36 Å². The molecule has 4 rings (SSSR count). The highest BCUT2D eigenvalue weighted by Crippen LogP contribution is 2.46. The molecule has 12 nitrogen and oxygen atoms in total. The van der Waals surface area contributed by atoms with E-state index in [-0.39, 0.29) is 31.0 Å². The zero-order valence-corrected chi connectivity index (χ0v) is 19.9. The Morgan fingerprint density at radius 2 is 1.77 bits per heavy atom. The van der Waals surface area contributed by atoms with Gasteiger partial charge in [-0.1, -0.05) is 18.2 Å². The maximum absolute atomic E-state index is 13.6. The lowest BCUT2D eigenvalue weighted by atomic mass is 10.1. The van der Waals surface area contributed by atoms with Gasteiger partial charge in [0.1, 0.15) is 30.2 Å². The Morgan fingerprint density at radius 1 is 1.03 bits per heavy atom. The molecule has 3 aliphatic rings. The predicted octanol–water partition coefficient (Wildman–Crippen LogP) is 1.46. The molecular weight excluding hydrogens is 483 g/mol. The van der Waals surface area contributed by atoms with Crippen molar-refractivity contribution in [2.45, 2.75) is 57.3 Å². The first-order valence-corrected chi connectivity index (χ1v) is 12.5. The van der Waals surface area contributed by atoms with Crippen molar-refractivity contribution in [1.29, 1.82) is 0 Å². The molecule has 0 aliphatic carbocycles. The molecule has 6 atom stereocenters. The van der Waals surface area contributed by atoms with Crippen LogP contribution >= 0.6 is 7.75 Å². The molecule has 0 spiro atoms. The average Bonchev–Trinajstić information content (AvgIpc) is 3.19. The van der Waals surface area contributed by atoms with Crippen LogP contribution in [-0.4, -0.2) is 65.7 Å². The zero-order valence-electron chi connectivity index (χ0n) is 19.0. The monoisotopic (exact) mass is 508 g/mol. The molecule has 1 amide bonds. The fraction of sp³-hybridized carbons (Fsp3) is 0.455. The molecule has 1 aromatic rings. The third kappa shape index (κ3) is 5.96. The second-order valence-electron chi connectivity index (χ2n) is 8.23. The van der Waals surface area contributed by atoms with Crippen molar-refractivity contribution in [3.8, 4) is 5.75 Å². The van der Waals surface area contributed by atoms with E-state index in [9.17, 15) is 23.7 Å². The molecule has 3 heterocycles. The number of ether oxygens (including phenoxy) is 3. The van der Waals surface area contributed by atoms with Gasteiger partial charge in [-0.15, -0.1) is 0 Å². The summed E-state index contributed by atoms with van der Waals surface area (Å²) in [4.78, 5) is 50.1. The summed E-state index contributed by atoms with van der Waals surface area (Å²) in [5.41, 5.74) is 0. The van der Waals surface area contributed by atoms with Gasteiger partial charge in [0.25, 0.3) is 0 Å². The van der Waals surface area contributed by atoms with Crippen LogP contribution in [0, 0.1) is 0 Å². The topological polar surface area (TPSA) is 147 Å². The Balaban J connectivity index is 1.58. The Morgan fingerprint density at radius 3 is 2.49 bits per heavy atom. The molecule has 0 radical (unpaired) electrons. The Labute approximate surface area is 201 Å². The highest BCUT2D eigenvalue weighted by Gasteiger charge is 2.45. The lowest BCUT2D eigenvalue weighted by Crippen LogP contribution is -2.42. The minimum atomic E-state index is -4.15. The van der Waals surface area contributed by atoms with Crippen molar-refractivity contribution < 1.29 is 47.0 Å². The third-order valence-corrected chi connectivity index (χ3v) is 7.14. The Kier molecular flexibility index (Phi) is 7.36. The van der Waals surface area contributed by atoms with E-state index in [1.54, 1.807) is 30.3 Å². The van der Waals surface area contributed by atoms with E-state index in [4.69, 9.17) is 23.3 Å². The number of carbonyl (C=O) groups is 4. The zero-order chi connectivity index (χ0) is 25.2. The van der Waals surface area contributed by atoms with E-state index < -0.39 is 56.2 Å². The summed E-state index contributed by atoms with van der Waals surface area (Å²) in [5.74, 6) is -2.25. The van der Waals surface area contributed by atoms with Gasteiger partial charge in [0.05, 0.1) is 13.0 Å². The quantitative estimate of drug-likeness (QED) is 0.359. The van der Waals surface area contributed by atoms with Crippen LogP contribution in [0.15, 0.2) is 42.6 Å². The number of nitrogens with one attached hydrogen (secondary N) is 1. The number of carbonyl (C=O) groups excluding carboxylic acids is 4. The number of ketones is 1. The highest BCUT2D eigenvalue weighted by molar-refractivity contribution is 7.52. The number of fused-ring (bicyclic) bond motifs is 1. The summed E-state index contributed by atoms with van der Waals surface area (Å²) in [5, 5.41) is 2.53. The summed E-state index contributed by atoms with van der Waals surface area (Å²) in [6, 6.07) is 7.06. The lowest BCUT2D eigenvalue weighted by molar-refractivity contribution is -0.173. The number of amides is 1. The number of allylic oxidation sites excluding steroid dienone is 1. The summed E-state index contributed by atoms with van der Waals surface area (Å²) in [7, 11) is -4.15. The van der Waals surface area contributed by atoms with E-state index in [0.29, 0.717) is 0 Å². The number of rotatable bonds is 3. The summed E-state index contributed by atoms with van der Waals surface area (Å²) >= 11 is 0. The van der Waals surface area contributed by atoms with E-state index in [1.807, 2.05) is 0 Å². The average molecular weight is 508 g/mol. The maximum Gasteiger partial charge on any atom is 0.459 e. The first kappa shape index (κ1) is 25.1. The molecule has 0 bridgehead atoms. The third-order valence-electron chi connectivity index (χ3n) is 5.50.